The Morgan fingerprint density at radius 2 is 0.545 bits per heavy atom. The lowest BCUT2D eigenvalue weighted by molar-refractivity contribution is -0.161. The summed E-state index contributed by atoms with van der Waals surface area (Å²) >= 11 is 0. The Bertz CT molecular complexity index is 1750. The Morgan fingerprint density at radius 3 is 0.807 bits per heavy atom. The molecule has 0 radical (unpaired) electrons. The van der Waals surface area contributed by atoms with Crippen molar-refractivity contribution in [3.63, 3.8) is 0 Å². The van der Waals surface area contributed by atoms with E-state index in [9.17, 15) is 43.2 Å². The molecule has 3 N–H and O–H groups in total. The van der Waals surface area contributed by atoms with Crippen molar-refractivity contribution in [3.05, 3.63) is 0 Å². The van der Waals surface area contributed by atoms with E-state index in [0.717, 1.165) is 108 Å². The summed E-state index contributed by atoms with van der Waals surface area (Å²) in [5.74, 6) is 0.806. The molecule has 17 nitrogen and oxygen atoms in total. The van der Waals surface area contributed by atoms with Gasteiger partial charge >= 0.3 is 39.5 Å². The summed E-state index contributed by atoms with van der Waals surface area (Å²) in [5.41, 5.74) is 0. The third-order valence-electron chi connectivity index (χ3n) is 16.2. The molecular weight excluding hydrogens is 1160 g/mol. The van der Waals surface area contributed by atoms with E-state index in [1.165, 1.54) is 135 Å². The molecule has 0 aromatic rings. The Morgan fingerprint density at radius 1 is 0.318 bits per heavy atom. The molecule has 19 heteroatoms. The van der Waals surface area contributed by atoms with Gasteiger partial charge in [0.05, 0.1) is 26.4 Å². The number of phosphoric ester groups is 2. The Kier molecular flexibility index (Phi) is 57.6. The summed E-state index contributed by atoms with van der Waals surface area (Å²) in [6, 6.07) is 0. The highest BCUT2D eigenvalue weighted by Gasteiger charge is 2.30. The van der Waals surface area contributed by atoms with E-state index in [-0.39, 0.29) is 25.7 Å². The van der Waals surface area contributed by atoms with Crippen LogP contribution in [0.2, 0.25) is 0 Å². The van der Waals surface area contributed by atoms with Crippen LogP contribution in [0.1, 0.15) is 338 Å². The molecule has 0 spiro atoms. The van der Waals surface area contributed by atoms with Crippen LogP contribution in [0, 0.1) is 23.7 Å². The van der Waals surface area contributed by atoms with Gasteiger partial charge in [0.2, 0.25) is 0 Å². The number of carbonyl (C=O) groups is 4. The molecule has 0 aromatic heterocycles. The Labute approximate surface area is 537 Å². The zero-order chi connectivity index (χ0) is 65.4. The van der Waals surface area contributed by atoms with E-state index in [4.69, 9.17) is 37.0 Å². The molecule has 0 saturated carbocycles. The number of hydrogen-bond acceptors (Lipinski definition) is 15. The van der Waals surface area contributed by atoms with Gasteiger partial charge < -0.3 is 33.8 Å². The average molecular weight is 1300 g/mol. The number of aliphatic hydroxyl groups excluding tert-OH is 1. The monoisotopic (exact) mass is 1300 g/mol. The van der Waals surface area contributed by atoms with Crippen molar-refractivity contribution in [1.82, 2.24) is 0 Å². The van der Waals surface area contributed by atoms with Gasteiger partial charge in [-0.05, 0) is 49.4 Å². The second-order valence-corrected chi connectivity index (χ2v) is 29.5. The summed E-state index contributed by atoms with van der Waals surface area (Å²) in [7, 11) is -9.90. The number of carbonyl (C=O) groups excluding carboxylic acids is 4. The normalized spacial score (nSPS) is 14.6. The molecule has 0 aromatic carbocycles. The maximum atomic E-state index is 13.0. The van der Waals surface area contributed by atoms with Crippen molar-refractivity contribution in [3.8, 4) is 0 Å². The average Bonchev–Trinajstić information content (AvgIpc) is 3.54. The Hall–Kier alpha value is -1.94. The highest BCUT2D eigenvalue weighted by molar-refractivity contribution is 7.47. The number of rotatable bonds is 66. The Balaban J connectivity index is 5.23. The summed E-state index contributed by atoms with van der Waals surface area (Å²) in [4.78, 5) is 72.4. The molecule has 0 saturated heterocycles. The van der Waals surface area contributed by atoms with Crippen molar-refractivity contribution >= 4 is 39.5 Å². The fourth-order valence-electron chi connectivity index (χ4n) is 10.3. The van der Waals surface area contributed by atoms with Gasteiger partial charge in [0.15, 0.2) is 12.2 Å². The molecule has 0 rings (SSSR count). The van der Waals surface area contributed by atoms with E-state index < -0.39 is 97.5 Å². The van der Waals surface area contributed by atoms with E-state index in [2.05, 4.69) is 55.4 Å². The zero-order valence-electron chi connectivity index (χ0n) is 57.3. The zero-order valence-corrected chi connectivity index (χ0v) is 59.1. The van der Waals surface area contributed by atoms with Crippen LogP contribution >= 0.6 is 15.6 Å². The second-order valence-electron chi connectivity index (χ2n) is 26.6. The molecule has 0 bridgehead atoms. The van der Waals surface area contributed by atoms with Gasteiger partial charge in [0.25, 0.3) is 0 Å². The lowest BCUT2D eigenvalue weighted by atomic mass is 9.99. The van der Waals surface area contributed by atoms with Gasteiger partial charge in [-0.25, -0.2) is 9.13 Å². The van der Waals surface area contributed by atoms with Crippen molar-refractivity contribution in [2.24, 2.45) is 23.7 Å². The largest absolute Gasteiger partial charge is 0.472 e. The maximum Gasteiger partial charge on any atom is 0.472 e. The minimum atomic E-state index is -4.95. The van der Waals surface area contributed by atoms with Gasteiger partial charge in [-0.1, -0.05) is 287 Å². The van der Waals surface area contributed by atoms with Crippen molar-refractivity contribution in [1.29, 1.82) is 0 Å². The SMILES string of the molecule is CCC(C)CCCCCCCCCCCCC(=O)O[C@H](COC(=O)CCCCCCCCCCCCCCCC(C)C)COP(=O)(O)OC[C@@H](O)COP(=O)(O)OC[C@@H](COC(=O)CCCCCCCCC(C)C)OC(=O)CCCCCCCCC(C)C. The number of esters is 4. The minimum Gasteiger partial charge on any atom is -0.462 e. The van der Waals surface area contributed by atoms with Gasteiger partial charge in [-0.3, -0.25) is 37.3 Å². The van der Waals surface area contributed by atoms with E-state index in [1.54, 1.807) is 0 Å². The predicted octanol–water partition coefficient (Wildman–Crippen LogP) is 19.3. The van der Waals surface area contributed by atoms with Gasteiger partial charge in [-0.2, -0.15) is 0 Å². The topological polar surface area (TPSA) is 237 Å². The summed E-state index contributed by atoms with van der Waals surface area (Å²) < 4.78 is 68.2. The van der Waals surface area contributed by atoms with Crippen LogP contribution in [0.25, 0.3) is 0 Å². The standard InChI is InChI=1S/C69H134O17P2/c1-9-62(8)48-40-32-22-18-15-16-20-24-35-43-51-68(73)85-64(55-79-66(71)49-41-33-23-19-14-12-10-11-13-17-21-29-37-45-59(2)3)57-83-87(75,76)81-53-63(70)54-82-88(77,78)84-58-65(86-69(74)52-44-36-28-26-31-39-47-61(6)7)56-80-67(72)50-42-34-27-25-30-38-46-60(4)5/h59-65,70H,9-58H2,1-8H3,(H,75,76)(H,77,78)/t62?,63-,64-,65-/m1/s1. The molecule has 0 aliphatic rings. The first-order valence-electron chi connectivity index (χ1n) is 35.7. The number of phosphoric acid groups is 2. The van der Waals surface area contributed by atoms with Crippen molar-refractivity contribution in [2.45, 2.75) is 356 Å². The summed E-state index contributed by atoms with van der Waals surface area (Å²) in [6.45, 7) is 14.0. The van der Waals surface area contributed by atoms with Crippen LogP contribution in [0.3, 0.4) is 0 Å². The van der Waals surface area contributed by atoms with Crippen LogP contribution in [0.15, 0.2) is 0 Å². The number of aliphatic hydroxyl groups is 1. The molecule has 0 fully saturated rings. The lowest BCUT2D eigenvalue weighted by Gasteiger charge is -2.21. The van der Waals surface area contributed by atoms with Crippen LogP contribution in [-0.4, -0.2) is 96.7 Å². The fourth-order valence-corrected chi connectivity index (χ4v) is 11.9. The molecule has 88 heavy (non-hydrogen) atoms. The molecule has 3 unspecified atom stereocenters. The lowest BCUT2D eigenvalue weighted by Crippen LogP contribution is -2.30. The van der Waals surface area contributed by atoms with E-state index in [0.29, 0.717) is 37.5 Å². The summed E-state index contributed by atoms with van der Waals surface area (Å²) in [6.07, 6.45) is 40.6. The van der Waals surface area contributed by atoms with Crippen molar-refractivity contribution < 1.29 is 80.2 Å². The van der Waals surface area contributed by atoms with Crippen LogP contribution in [-0.2, 0) is 65.4 Å². The third-order valence-corrected chi connectivity index (χ3v) is 18.1. The van der Waals surface area contributed by atoms with Crippen LogP contribution < -0.4 is 0 Å². The number of unbranched alkanes of at least 4 members (excludes halogenated alkanes) is 31. The molecule has 522 valence electrons. The number of hydrogen-bond donors (Lipinski definition) is 3. The molecule has 0 heterocycles. The van der Waals surface area contributed by atoms with Gasteiger partial charge in [0.1, 0.15) is 19.3 Å². The van der Waals surface area contributed by atoms with E-state index in [1.807, 2.05) is 0 Å². The van der Waals surface area contributed by atoms with Gasteiger partial charge in [0, 0.05) is 25.7 Å². The molecular formula is C69H134O17P2. The molecule has 0 amide bonds. The molecule has 0 aliphatic heterocycles. The van der Waals surface area contributed by atoms with Crippen molar-refractivity contribution in [2.75, 3.05) is 39.6 Å². The quantitative estimate of drug-likeness (QED) is 0.0222. The van der Waals surface area contributed by atoms with Gasteiger partial charge in [-0.15, -0.1) is 0 Å². The highest BCUT2D eigenvalue weighted by Crippen LogP contribution is 2.45. The maximum absolute atomic E-state index is 13.0. The minimum absolute atomic E-state index is 0.101. The summed E-state index contributed by atoms with van der Waals surface area (Å²) in [5, 5.41) is 10.6. The molecule has 6 atom stereocenters. The first-order chi connectivity index (χ1) is 42.1. The smallest absolute Gasteiger partial charge is 0.462 e. The first-order valence-corrected chi connectivity index (χ1v) is 38.7. The predicted molar refractivity (Wildman–Crippen MR) is 354 cm³/mol. The van der Waals surface area contributed by atoms with Crippen LogP contribution in [0.5, 0.6) is 0 Å². The second kappa shape index (κ2) is 58.8. The van der Waals surface area contributed by atoms with Crippen LogP contribution in [0.4, 0.5) is 0 Å². The third kappa shape index (κ3) is 61.6. The number of ether oxygens (including phenoxy) is 4. The fraction of sp³-hybridized carbons (Fsp3) is 0.942. The highest BCUT2D eigenvalue weighted by atomic mass is 31.2. The molecule has 0 aliphatic carbocycles. The first kappa shape index (κ1) is 86.1. The van der Waals surface area contributed by atoms with E-state index >= 15 is 0 Å².